The molecule has 1 saturated carbocycles. The molecular weight excluding hydrogens is 1090 g/mol. The molecule has 2 aromatic carbocycles. The molecule has 7 atom stereocenters. The third kappa shape index (κ3) is 22.7. The molecule has 0 spiro atoms. The number of carbonyl (C=O) groups excluding carboxylic acids is 9. The summed E-state index contributed by atoms with van der Waals surface area (Å²) in [5.74, 6) is -6.70. The maximum atomic E-state index is 14.7. The molecular formula is C64H100F2N10O9. The van der Waals surface area contributed by atoms with Gasteiger partial charge < -0.3 is 52.3 Å². The molecule has 85 heavy (non-hydrogen) atoms. The predicted octanol–water partition coefficient (Wildman–Crippen LogP) is 6.23. The number of benzene rings is 2. The number of halogens is 2. The Kier molecular flexibility index (Phi) is 26.5. The highest BCUT2D eigenvalue weighted by molar-refractivity contribution is 6.01. The standard InChI is InChI=1S/C64H100F2N10O9/c1-38(2)31-49(54(78)70-51(33-40(5)6)56(80)73-64(12,13)61(85)74-63(10,11)59(83)67-41(7)36-75(14)15)71-60(84)62(8,9)72-55(79)50(32-39(3)4)69-53(77)48(30-23-42-19-17-16-18-20-42)68-57(81)52-35-44(34-43-21-26-46(65)27-22-43)37-76(52)58(82)45-24-28-47(66)29-25-45/h21-22,24-29,38-42,44,48-52H,16-20,23,30-37H2,1-15H3,(H,67,83)(H,68,81)(H,69,77)(H,70,78)(H,71,84)(H,72,79)(H,73,80)(H,74,85)/t41?,44-,48+,49+,50+,51+,52+/m1/s1. The van der Waals surface area contributed by atoms with Gasteiger partial charge >= 0.3 is 0 Å². The number of likely N-dealkylation sites (N-methyl/N-ethyl adjacent to an activating group) is 1. The molecule has 21 heteroatoms. The fraction of sp³-hybridized carbons (Fsp3) is 0.672. The van der Waals surface area contributed by atoms with E-state index >= 15 is 0 Å². The van der Waals surface area contributed by atoms with Gasteiger partial charge in [-0.15, -0.1) is 0 Å². The summed E-state index contributed by atoms with van der Waals surface area (Å²) in [5.41, 5.74) is -3.57. The third-order valence-electron chi connectivity index (χ3n) is 15.7. The minimum absolute atomic E-state index is 0.106. The van der Waals surface area contributed by atoms with Crippen molar-refractivity contribution < 1.29 is 51.9 Å². The molecule has 2 aliphatic rings. The van der Waals surface area contributed by atoms with Crippen LogP contribution in [0.15, 0.2) is 48.5 Å². The van der Waals surface area contributed by atoms with Crippen molar-refractivity contribution in [3.05, 3.63) is 71.3 Å². The van der Waals surface area contributed by atoms with Gasteiger partial charge in [-0.25, -0.2) is 8.78 Å². The van der Waals surface area contributed by atoms with E-state index in [1.807, 2.05) is 67.5 Å². The van der Waals surface area contributed by atoms with Crippen LogP contribution in [0, 0.1) is 41.2 Å². The first kappa shape index (κ1) is 71.0. The van der Waals surface area contributed by atoms with Crippen LogP contribution in [-0.2, 0) is 44.8 Å². The zero-order valence-electron chi connectivity index (χ0n) is 53.2. The number of rotatable bonds is 30. The normalized spacial score (nSPS) is 17.8. The van der Waals surface area contributed by atoms with Gasteiger partial charge in [0, 0.05) is 24.7 Å². The van der Waals surface area contributed by atoms with Crippen molar-refractivity contribution in [3.63, 3.8) is 0 Å². The van der Waals surface area contributed by atoms with Gasteiger partial charge in [-0.05, 0) is 179 Å². The molecule has 1 aliphatic carbocycles. The lowest BCUT2D eigenvalue weighted by atomic mass is 9.85. The number of nitrogens with one attached hydrogen (secondary N) is 8. The molecule has 0 aromatic heterocycles. The van der Waals surface area contributed by atoms with Gasteiger partial charge in [-0.3, -0.25) is 43.2 Å². The maximum Gasteiger partial charge on any atom is 0.254 e. The Balaban J connectivity index is 1.52. The van der Waals surface area contributed by atoms with E-state index in [1.165, 1.54) is 69.0 Å². The molecule has 9 amide bonds. The van der Waals surface area contributed by atoms with Crippen LogP contribution in [-0.4, -0.2) is 143 Å². The van der Waals surface area contributed by atoms with Gasteiger partial charge in [-0.2, -0.15) is 0 Å². The largest absolute Gasteiger partial charge is 0.350 e. The van der Waals surface area contributed by atoms with Crippen LogP contribution in [0.25, 0.3) is 0 Å². The SMILES string of the molecule is CC(C)C[C@H](NC(=O)[C@H](CCC1CCCCC1)NC(=O)[C@@H]1C[C@@H](Cc2ccc(F)cc2)CN1C(=O)c1ccc(F)cc1)C(=O)NC(C)(C)C(=O)N[C@@H](CC(C)C)C(=O)N[C@@H](CC(C)C)C(=O)NC(C)(C)C(=O)NC(C)(C)C(=O)NC(C)CN(C)C. The summed E-state index contributed by atoms with van der Waals surface area (Å²) in [4.78, 5) is 131. The van der Waals surface area contributed by atoms with E-state index < -0.39 is 112 Å². The molecule has 0 radical (unpaired) electrons. The fourth-order valence-electron chi connectivity index (χ4n) is 11.1. The summed E-state index contributed by atoms with van der Waals surface area (Å²) in [6.45, 7) is 22.8. The molecule has 1 unspecified atom stereocenters. The Labute approximate surface area is 503 Å². The van der Waals surface area contributed by atoms with Crippen LogP contribution in [0.2, 0.25) is 0 Å². The van der Waals surface area contributed by atoms with E-state index in [9.17, 15) is 51.9 Å². The lowest BCUT2D eigenvalue weighted by molar-refractivity contribution is -0.139. The zero-order chi connectivity index (χ0) is 63.7. The Morgan fingerprint density at radius 2 is 0.988 bits per heavy atom. The van der Waals surface area contributed by atoms with Crippen molar-refractivity contribution in [3.8, 4) is 0 Å². The van der Waals surface area contributed by atoms with E-state index in [4.69, 9.17) is 0 Å². The Bertz CT molecular complexity index is 2600. The average molecular weight is 1190 g/mol. The summed E-state index contributed by atoms with van der Waals surface area (Å²) < 4.78 is 27.9. The molecule has 8 N–H and O–H groups in total. The first-order chi connectivity index (χ1) is 39.6. The number of likely N-dealkylation sites (tertiary alicyclic amines) is 1. The Morgan fingerprint density at radius 3 is 1.48 bits per heavy atom. The van der Waals surface area contributed by atoms with Crippen LogP contribution in [0.3, 0.4) is 0 Å². The van der Waals surface area contributed by atoms with Crippen LogP contribution in [0.1, 0.15) is 177 Å². The molecule has 4 rings (SSSR count). The third-order valence-corrected chi connectivity index (χ3v) is 15.7. The number of hydrogen-bond acceptors (Lipinski definition) is 10. The van der Waals surface area contributed by atoms with E-state index in [1.54, 1.807) is 26.0 Å². The van der Waals surface area contributed by atoms with Gasteiger partial charge in [0.25, 0.3) is 5.91 Å². The summed E-state index contributed by atoms with van der Waals surface area (Å²) in [6.07, 6.45) is 7.12. The fourth-order valence-corrected chi connectivity index (χ4v) is 11.1. The molecule has 1 saturated heterocycles. The molecule has 1 heterocycles. The molecule has 1 aliphatic heterocycles. The van der Waals surface area contributed by atoms with Crippen molar-refractivity contribution >= 4 is 53.2 Å². The van der Waals surface area contributed by atoms with E-state index in [0.29, 0.717) is 25.3 Å². The second-order valence-corrected chi connectivity index (χ2v) is 27.0. The van der Waals surface area contributed by atoms with Crippen molar-refractivity contribution in [1.29, 1.82) is 0 Å². The Morgan fingerprint density at radius 1 is 0.541 bits per heavy atom. The Hall–Kier alpha value is -6.51. The van der Waals surface area contributed by atoms with Gasteiger partial charge in [0.1, 0.15) is 58.5 Å². The number of amides is 9. The first-order valence-electron chi connectivity index (χ1n) is 30.5. The van der Waals surface area contributed by atoms with Crippen molar-refractivity contribution in [2.45, 2.75) is 220 Å². The monoisotopic (exact) mass is 1190 g/mol. The summed E-state index contributed by atoms with van der Waals surface area (Å²) in [6, 6.07) is 5.19. The van der Waals surface area contributed by atoms with Crippen LogP contribution >= 0.6 is 0 Å². The van der Waals surface area contributed by atoms with Crippen LogP contribution in [0.5, 0.6) is 0 Å². The second kappa shape index (κ2) is 31.8. The predicted molar refractivity (Wildman–Crippen MR) is 324 cm³/mol. The van der Waals surface area contributed by atoms with Gasteiger partial charge in [0.2, 0.25) is 47.3 Å². The smallest absolute Gasteiger partial charge is 0.254 e. The van der Waals surface area contributed by atoms with Crippen molar-refractivity contribution in [2.24, 2.45) is 29.6 Å². The lowest BCUT2D eigenvalue weighted by Gasteiger charge is -2.34. The highest BCUT2D eigenvalue weighted by atomic mass is 19.1. The number of nitrogens with zero attached hydrogens (tertiary/aromatic N) is 2. The van der Waals surface area contributed by atoms with Gasteiger partial charge in [0.15, 0.2) is 0 Å². The molecule has 0 bridgehead atoms. The van der Waals surface area contributed by atoms with E-state index in [0.717, 1.165) is 37.7 Å². The summed E-state index contributed by atoms with van der Waals surface area (Å²) in [5, 5.41) is 22.7. The summed E-state index contributed by atoms with van der Waals surface area (Å²) >= 11 is 0. The minimum Gasteiger partial charge on any atom is -0.350 e. The molecule has 2 fully saturated rings. The molecule has 474 valence electrons. The van der Waals surface area contributed by atoms with Crippen molar-refractivity contribution in [2.75, 3.05) is 27.2 Å². The van der Waals surface area contributed by atoms with Crippen molar-refractivity contribution in [1.82, 2.24) is 52.3 Å². The topological polar surface area (TPSA) is 256 Å². The summed E-state index contributed by atoms with van der Waals surface area (Å²) in [7, 11) is 3.76. The van der Waals surface area contributed by atoms with E-state index in [2.05, 4.69) is 42.5 Å². The molecule has 2 aromatic rings. The van der Waals surface area contributed by atoms with Gasteiger partial charge in [-0.1, -0.05) is 85.8 Å². The minimum atomic E-state index is -1.67. The first-order valence-corrected chi connectivity index (χ1v) is 30.5. The lowest BCUT2D eigenvalue weighted by Crippen LogP contribution is -2.65. The van der Waals surface area contributed by atoms with Crippen LogP contribution in [0.4, 0.5) is 8.78 Å². The second-order valence-electron chi connectivity index (χ2n) is 27.0. The average Bonchev–Trinajstić information content (AvgIpc) is 3.59. The maximum absolute atomic E-state index is 14.7. The van der Waals surface area contributed by atoms with Crippen LogP contribution < -0.4 is 42.5 Å². The highest BCUT2D eigenvalue weighted by Gasteiger charge is 2.43. The van der Waals surface area contributed by atoms with E-state index in [-0.39, 0.29) is 73.9 Å². The molecule has 19 nitrogen and oxygen atoms in total. The highest BCUT2D eigenvalue weighted by Crippen LogP contribution is 2.31. The zero-order valence-corrected chi connectivity index (χ0v) is 53.2. The van der Waals surface area contributed by atoms with Gasteiger partial charge in [0.05, 0.1) is 0 Å². The number of hydrogen-bond donors (Lipinski definition) is 8. The quantitative estimate of drug-likeness (QED) is 0.0438. The number of carbonyl (C=O) groups is 9.